The number of hydrogen-bond acceptors (Lipinski definition) is 5. The van der Waals surface area contributed by atoms with Crippen molar-refractivity contribution in [2.45, 2.75) is 33.1 Å². The van der Waals surface area contributed by atoms with Gasteiger partial charge in [-0.05, 0) is 37.8 Å². The van der Waals surface area contributed by atoms with Gasteiger partial charge >= 0.3 is 0 Å². The molecule has 26 heavy (non-hydrogen) atoms. The Kier molecular flexibility index (Phi) is 4.16. The van der Waals surface area contributed by atoms with Crippen molar-refractivity contribution < 1.29 is 4.79 Å². The minimum Gasteiger partial charge on any atom is -0.309 e. The molecule has 3 aromatic rings. The van der Waals surface area contributed by atoms with Crippen LogP contribution in [0.15, 0.2) is 34.2 Å². The second kappa shape index (κ2) is 6.49. The normalized spacial score (nSPS) is 14.8. The molecule has 2 heterocycles. The Morgan fingerprint density at radius 2 is 2.12 bits per heavy atom. The Balaban J connectivity index is 1.52. The number of aromatic nitrogens is 2. The van der Waals surface area contributed by atoms with Gasteiger partial charge in [-0.3, -0.25) is 9.59 Å². The van der Waals surface area contributed by atoms with E-state index < -0.39 is 0 Å². The van der Waals surface area contributed by atoms with Crippen LogP contribution in [0.4, 0.5) is 0 Å². The van der Waals surface area contributed by atoms with Crippen LogP contribution >= 0.6 is 11.3 Å². The summed E-state index contributed by atoms with van der Waals surface area (Å²) in [4.78, 5) is 33.4. The molecule has 0 fully saturated rings. The van der Waals surface area contributed by atoms with Gasteiger partial charge in [0.15, 0.2) is 0 Å². The first kappa shape index (κ1) is 16.7. The van der Waals surface area contributed by atoms with E-state index in [2.05, 4.69) is 26.6 Å². The molecule has 132 valence electrons. The summed E-state index contributed by atoms with van der Waals surface area (Å²) in [5.41, 5.74) is 6.56. The molecule has 0 saturated carbocycles. The van der Waals surface area contributed by atoms with Gasteiger partial charge < -0.3 is 4.98 Å². The number of hydrogen-bond donors (Lipinski definition) is 2. The van der Waals surface area contributed by atoms with E-state index in [1.54, 1.807) is 0 Å². The molecule has 0 unspecified atom stereocenters. The van der Waals surface area contributed by atoms with E-state index in [1.807, 2.05) is 32.0 Å². The highest BCUT2D eigenvalue weighted by Crippen LogP contribution is 2.25. The summed E-state index contributed by atoms with van der Waals surface area (Å²) in [7, 11) is 0. The van der Waals surface area contributed by atoms with E-state index in [9.17, 15) is 9.59 Å². The number of carbonyl (C=O) groups is 1. The summed E-state index contributed by atoms with van der Waals surface area (Å²) in [5.74, 6) is 0.0580. The number of H-pyrrole nitrogens is 1. The van der Waals surface area contributed by atoms with E-state index in [0.717, 1.165) is 34.6 Å². The van der Waals surface area contributed by atoms with Crippen molar-refractivity contribution in [2.24, 2.45) is 5.10 Å². The summed E-state index contributed by atoms with van der Waals surface area (Å²) < 4.78 is 0. The molecule has 0 atom stereocenters. The van der Waals surface area contributed by atoms with E-state index in [4.69, 9.17) is 0 Å². The predicted octanol–water partition coefficient (Wildman–Crippen LogP) is 2.61. The zero-order chi connectivity index (χ0) is 18.3. The first-order valence-corrected chi connectivity index (χ1v) is 9.27. The minimum atomic E-state index is -0.297. The van der Waals surface area contributed by atoms with Gasteiger partial charge in [-0.1, -0.05) is 24.3 Å². The molecule has 0 saturated heterocycles. The highest BCUT2D eigenvalue weighted by Gasteiger charge is 2.18. The molecule has 4 rings (SSSR count). The number of rotatable bonds is 3. The van der Waals surface area contributed by atoms with Crippen LogP contribution in [0.3, 0.4) is 0 Å². The van der Waals surface area contributed by atoms with Gasteiger partial charge in [0.2, 0.25) is 5.91 Å². The summed E-state index contributed by atoms with van der Waals surface area (Å²) in [6.45, 7) is 3.87. The third-order valence-electron chi connectivity index (χ3n) is 4.69. The molecule has 7 heteroatoms. The van der Waals surface area contributed by atoms with Crippen molar-refractivity contribution in [1.29, 1.82) is 0 Å². The van der Waals surface area contributed by atoms with Crippen molar-refractivity contribution in [1.82, 2.24) is 15.4 Å². The van der Waals surface area contributed by atoms with Crippen molar-refractivity contribution in [3.8, 4) is 0 Å². The average molecular weight is 366 g/mol. The number of amides is 1. The van der Waals surface area contributed by atoms with Crippen molar-refractivity contribution in [2.75, 3.05) is 0 Å². The summed E-state index contributed by atoms with van der Waals surface area (Å²) in [6, 6.07) is 8.07. The lowest BCUT2D eigenvalue weighted by Crippen LogP contribution is -2.24. The molecule has 1 aliphatic rings. The van der Waals surface area contributed by atoms with Crippen LogP contribution in [0.2, 0.25) is 0 Å². The Morgan fingerprint density at radius 1 is 1.31 bits per heavy atom. The maximum absolute atomic E-state index is 12.3. The van der Waals surface area contributed by atoms with Gasteiger partial charge in [0.25, 0.3) is 5.56 Å². The number of aryl methyl sites for hydroxylation is 3. The van der Waals surface area contributed by atoms with Crippen LogP contribution < -0.4 is 11.0 Å². The lowest BCUT2D eigenvalue weighted by Gasteiger charge is -2.03. The molecule has 1 aliphatic carbocycles. The Bertz CT molecular complexity index is 1110. The number of nitrogens with one attached hydrogen (secondary N) is 2. The number of thiophene rings is 1. The molecule has 2 N–H and O–H groups in total. The monoisotopic (exact) mass is 366 g/mol. The molecule has 1 amide bonds. The summed E-state index contributed by atoms with van der Waals surface area (Å²) in [5, 5.41) is 4.87. The largest absolute Gasteiger partial charge is 0.309 e. The molecule has 0 aliphatic heterocycles. The Hall–Kier alpha value is -2.80. The highest BCUT2D eigenvalue weighted by molar-refractivity contribution is 7.18. The predicted molar refractivity (Wildman–Crippen MR) is 103 cm³/mol. The number of nitrogens with zero attached hydrogens (tertiary/aromatic N) is 2. The fraction of sp³-hybridized carbons (Fsp3) is 0.263. The lowest BCUT2D eigenvalue weighted by molar-refractivity contribution is -0.120. The third-order valence-corrected chi connectivity index (χ3v) is 5.79. The van der Waals surface area contributed by atoms with Crippen molar-refractivity contribution in [3.63, 3.8) is 0 Å². The number of benzene rings is 1. The minimum absolute atomic E-state index is 0.0143. The molecular formula is C19H18N4O2S. The molecule has 6 nitrogen and oxygen atoms in total. The molecule has 0 bridgehead atoms. The average Bonchev–Trinajstić information content (AvgIpc) is 3.14. The topological polar surface area (TPSA) is 87.2 Å². The zero-order valence-corrected chi connectivity index (χ0v) is 15.4. The molecule has 2 aromatic heterocycles. The standard InChI is InChI=1S/C19H18N4O2S/c1-10-11(2)26-19-17(10)18(25)20-15(21-19)9-16(24)23-22-14-8-7-12-5-3-4-6-13(12)14/h3-6H,7-9H2,1-2H3,(H,23,24)(H,20,21,25)/b22-14+. The second-order valence-corrected chi connectivity index (χ2v) is 7.61. The van der Waals surface area contributed by atoms with Gasteiger partial charge in [-0.2, -0.15) is 5.10 Å². The number of hydrazone groups is 1. The second-order valence-electron chi connectivity index (χ2n) is 6.40. The summed E-state index contributed by atoms with van der Waals surface area (Å²) >= 11 is 1.47. The van der Waals surface area contributed by atoms with Crippen LogP contribution in [-0.2, 0) is 17.6 Å². The van der Waals surface area contributed by atoms with Gasteiger partial charge in [0, 0.05) is 10.4 Å². The van der Waals surface area contributed by atoms with Crippen LogP contribution in [0.5, 0.6) is 0 Å². The van der Waals surface area contributed by atoms with Gasteiger partial charge in [0.1, 0.15) is 10.7 Å². The quantitative estimate of drug-likeness (QED) is 0.699. The third kappa shape index (κ3) is 2.94. The van der Waals surface area contributed by atoms with Crippen LogP contribution in [0.25, 0.3) is 10.2 Å². The maximum atomic E-state index is 12.3. The van der Waals surface area contributed by atoms with E-state index in [1.165, 1.54) is 16.9 Å². The van der Waals surface area contributed by atoms with Crippen molar-refractivity contribution in [3.05, 3.63) is 62.0 Å². The molecule has 0 radical (unpaired) electrons. The van der Waals surface area contributed by atoms with Gasteiger partial charge in [-0.25, -0.2) is 10.4 Å². The summed E-state index contributed by atoms with van der Waals surface area (Å²) in [6.07, 6.45) is 1.74. The SMILES string of the molecule is Cc1sc2nc(CC(=O)N/N=C3\CCc4ccccc43)[nH]c(=O)c2c1C. The van der Waals surface area contributed by atoms with E-state index in [0.29, 0.717) is 16.0 Å². The van der Waals surface area contributed by atoms with Crippen LogP contribution in [-0.4, -0.2) is 21.6 Å². The highest BCUT2D eigenvalue weighted by atomic mass is 32.1. The Labute approximate surface area is 154 Å². The molecule has 0 spiro atoms. The van der Waals surface area contributed by atoms with Gasteiger partial charge in [-0.15, -0.1) is 11.3 Å². The number of aromatic amines is 1. The fourth-order valence-electron chi connectivity index (χ4n) is 3.23. The zero-order valence-electron chi connectivity index (χ0n) is 14.5. The molecule has 1 aromatic carbocycles. The fourth-order valence-corrected chi connectivity index (χ4v) is 4.28. The van der Waals surface area contributed by atoms with Crippen molar-refractivity contribution >= 4 is 33.2 Å². The van der Waals surface area contributed by atoms with E-state index >= 15 is 0 Å². The lowest BCUT2D eigenvalue weighted by atomic mass is 10.1. The first-order chi connectivity index (χ1) is 12.5. The first-order valence-electron chi connectivity index (χ1n) is 8.45. The Morgan fingerprint density at radius 3 is 2.96 bits per heavy atom. The smallest absolute Gasteiger partial charge is 0.259 e. The molecular weight excluding hydrogens is 348 g/mol. The number of carbonyl (C=O) groups excluding carboxylic acids is 1. The van der Waals surface area contributed by atoms with Crippen LogP contribution in [0.1, 0.15) is 33.8 Å². The maximum Gasteiger partial charge on any atom is 0.259 e. The van der Waals surface area contributed by atoms with Gasteiger partial charge in [0.05, 0.1) is 17.5 Å². The van der Waals surface area contributed by atoms with E-state index in [-0.39, 0.29) is 17.9 Å². The van der Waals surface area contributed by atoms with Crippen LogP contribution in [0, 0.1) is 13.8 Å². The number of fused-ring (bicyclic) bond motifs is 2.